The molecule has 1 aliphatic rings. The molecule has 3 rings (SSSR count). The molecule has 2 aromatic rings. The Morgan fingerprint density at radius 3 is 2.89 bits per heavy atom. The molecule has 0 amide bonds. The molecule has 0 aliphatic carbocycles. The van der Waals surface area contributed by atoms with Crippen molar-refractivity contribution >= 4 is 22.8 Å². The summed E-state index contributed by atoms with van der Waals surface area (Å²) in [6.07, 6.45) is 5.12. The maximum atomic E-state index is 5.82. The molecule has 0 atom stereocenters. The van der Waals surface area contributed by atoms with E-state index in [9.17, 15) is 0 Å². The minimum atomic E-state index is 0.731. The van der Waals surface area contributed by atoms with Crippen LogP contribution in [-0.4, -0.2) is 18.1 Å². The molecule has 4 nitrogen and oxygen atoms in total. The molecule has 1 saturated heterocycles. The Morgan fingerprint density at radius 2 is 2.16 bits per heavy atom. The predicted molar refractivity (Wildman–Crippen MR) is 78.3 cm³/mol. The topological polar surface area (TPSA) is 55.3 Å². The van der Waals surface area contributed by atoms with Gasteiger partial charge >= 0.3 is 0 Å². The third kappa shape index (κ3) is 2.53. The maximum Gasteiger partial charge on any atom is 0.298 e. The van der Waals surface area contributed by atoms with Gasteiger partial charge in [-0.05, 0) is 37.0 Å². The van der Waals surface area contributed by atoms with Gasteiger partial charge in [0.25, 0.3) is 6.01 Å². The van der Waals surface area contributed by atoms with Crippen LogP contribution in [0, 0.1) is 5.92 Å². The Morgan fingerprint density at radius 1 is 1.37 bits per heavy atom. The molecule has 0 bridgehead atoms. The zero-order valence-electron chi connectivity index (χ0n) is 11.4. The van der Waals surface area contributed by atoms with Gasteiger partial charge in [0.1, 0.15) is 5.52 Å². The molecule has 0 saturated carbocycles. The average molecular weight is 259 g/mol. The first-order valence-corrected chi connectivity index (χ1v) is 7.17. The summed E-state index contributed by atoms with van der Waals surface area (Å²) in [7, 11) is 0. The van der Waals surface area contributed by atoms with E-state index < -0.39 is 0 Å². The highest BCUT2D eigenvalue weighted by molar-refractivity contribution is 5.78. The highest BCUT2D eigenvalue weighted by Gasteiger charge is 2.22. The number of aromatic nitrogens is 1. The monoisotopic (exact) mass is 259 g/mol. The number of anilines is 2. The predicted octanol–water partition coefficient (Wildman–Crippen LogP) is 3.43. The highest BCUT2D eigenvalue weighted by atomic mass is 16.4. The Balaban J connectivity index is 1.74. The van der Waals surface area contributed by atoms with Gasteiger partial charge in [-0.1, -0.05) is 19.8 Å². The van der Waals surface area contributed by atoms with Crippen molar-refractivity contribution in [2.45, 2.75) is 32.6 Å². The molecule has 0 spiro atoms. The summed E-state index contributed by atoms with van der Waals surface area (Å²) in [5.41, 5.74) is 8.17. The van der Waals surface area contributed by atoms with E-state index in [1.165, 1.54) is 25.7 Å². The van der Waals surface area contributed by atoms with Crippen LogP contribution in [0.2, 0.25) is 0 Å². The lowest BCUT2D eigenvalue weighted by molar-refractivity contribution is 0.367. The lowest BCUT2D eigenvalue weighted by Gasteiger charge is -2.30. The number of hydrogen-bond donors (Lipinski definition) is 1. The normalized spacial score (nSPS) is 17.2. The van der Waals surface area contributed by atoms with Gasteiger partial charge in [0.15, 0.2) is 5.58 Å². The van der Waals surface area contributed by atoms with Crippen molar-refractivity contribution in [1.82, 2.24) is 4.98 Å². The third-order valence-corrected chi connectivity index (χ3v) is 3.98. The van der Waals surface area contributed by atoms with E-state index in [1.807, 2.05) is 18.2 Å². The summed E-state index contributed by atoms with van der Waals surface area (Å²) in [6, 6.07) is 6.36. The molecule has 4 heteroatoms. The molecule has 2 N–H and O–H groups in total. The summed E-state index contributed by atoms with van der Waals surface area (Å²) in [5.74, 6) is 0.876. The van der Waals surface area contributed by atoms with Crippen molar-refractivity contribution in [2.24, 2.45) is 5.92 Å². The largest absolute Gasteiger partial charge is 0.423 e. The van der Waals surface area contributed by atoms with E-state index in [-0.39, 0.29) is 0 Å². The first-order chi connectivity index (χ1) is 9.26. The van der Waals surface area contributed by atoms with Crippen LogP contribution in [0.25, 0.3) is 11.1 Å². The number of fused-ring (bicyclic) bond motifs is 1. The molecule has 1 aromatic heterocycles. The number of piperidine rings is 1. The minimum Gasteiger partial charge on any atom is -0.423 e. The van der Waals surface area contributed by atoms with Crippen molar-refractivity contribution in [3.05, 3.63) is 18.2 Å². The molecule has 19 heavy (non-hydrogen) atoms. The zero-order valence-corrected chi connectivity index (χ0v) is 11.4. The Labute approximate surface area is 113 Å². The van der Waals surface area contributed by atoms with Crippen LogP contribution in [0.15, 0.2) is 22.6 Å². The third-order valence-electron chi connectivity index (χ3n) is 3.98. The van der Waals surface area contributed by atoms with Gasteiger partial charge < -0.3 is 15.1 Å². The molecule has 1 fully saturated rings. The molecular weight excluding hydrogens is 238 g/mol. The molecule has 1 aromatic carbocycles. The SMILES string of the molecule is CCCC1CCN(c2nc3cc(N)ccc3o2)CC1. The molecule has 102 valence electrons. The first-order valence-electron chi connectivity index (χ1n) is 7.17. The van der Waals surface area contributed by atoms with Crippen LogP contribution in [0.5, 0.6) is 0 Å². The molecule has 0 radical (unpaired) electrons. The van der Waals surface area contributed by atoms with Crippen molar-refractivity contribution in [3.8, 4) is 0 Å². The Hall–Kier alpha value is -1.71. The van der Waals surface area contributed by atoms with Gasteiger partial charge in [0, 0.05) is 18.8 Å². The van der Waals surface area contributed by atoms with Gasteiger partial charge in [-0.2, -0.15) is 4.98 Å². The van der Waals surface area contributed by atoms with Crippen LogP contribution >= 0.6 is 0 Å². The fourth-order valence-corrected chi connectivity index (χ4v) is 2.89. The number of hydrogen-bond acceptors (Lipinski definition) is 4. The van der Waals surface area contributed by atoms with E-state index >= 15 is 0 Å². The average Bonchev–Trinajstić information content (AvgIpc) is 2.83. The Kier molecular flexibility index (Phi) is 3.32. The number of nitrogens with zero attached hydrogens (tertiary/aromatic N) is 2. The maximum absolute atomic E-state index is 5.82. The number of rotatable bonds is 3. The van der Waals surface area contributed by atoms with Crippen LogP contribution in [0.3, 0.4) is 0 Å². The molecule has 0 unspecified atom stereocenters. The fourth-order valence-electron chi connectivity index (χ4n) is 2.89. The summed E-state index contributed by atoms with van der Waals surface area (Å²) < 4.78 is 5.82. The lowest BCUT2D eigenvalue weighted by Crippen LogP contribution is -2.33. The number of benzene rings is 1. The fraction of sp³-hybridized carbons (Fsp3) is 0.533. The van der Waals surface area contributed by atoms with E-state index in [0.717, 1.165) is 41.8 Å². The van der Waals surface area contributed by atoms with Crippen molar-refractivity contribution in [3.63, 3.8) is 0 Å². The van der Waals surface area contributed by atoms with Gasteiger partial charge in [-0.3, -0.25) is 0 Å². The van der Waals surface area contributed by atoms with Crippen molar-refractivity contribution in [1.29, 1.82) is 0 Å². The van der Waals surface area contributed by atoms with Crippen LogP contribution < -0.4 is 10.6 Å². The zero-order chi connectivity index (χ0) is 13.2. The second-order valence-corrected chi connectivity index (χ2v) is 5.44. The summed E-state index contributed by atoms with van der Waals surface area (Å²) >= 11 is 0. The van der Waals surface area contributed by atoms with Crippen molar-refractivity contribution < 1.29 is 4.42 Å². The van der Waals surface area contributed by atoms with Gasteiger partial charge in [-0.15, -0.1) is 0 Å². The van der Waals surface area contributed by atoms with E-state index in [0.29, 0.717) is 0 Å². The number of nitrogen functional groups attached to an aromatic ring is 1. The first kappa shape index (κ1) is 12.3. The Bertz CT molecular complexity index is 556. The van der Waals surface area contributed by atoms with Crippen molar-refractivity contribution in [2.75, 3.05) is 23.7 Å². The highest BCUT2D eigenvalue weighted by Crippen LogP contribution is 2.28. The van der Waals surface area contributed by atoms with E-state index in [4.69, 9.17) is 10.2 Å². The molecular formula is C15H21N3O. The van der Waals surface area contributed by atoms with E-state index in [1.54, 1.807) is 0 Å². The van der Waals surface area contributed by atoms with Crippen LogP contribution in [0.4, 0.5) is 11.7 Å². The second kappa shape index (κ2) is 5.11. The quantitative estimate of drug-likeness (QED) is 0.858. The second-order valence-electron chi connectivity index (χ2n) is 5.44. The van der Waals surface area contributed by atoms with Gasteiger partial charge in [0.05, 0.1) is 0 Å². The smallest absolute Gasteiger partial charge is 0.298 e. The summed E-state index contributed by atoms with van der Waals surface area (Å²) in [4.78, 5) is 6.80. The number of oxazole rings is 1. The van der Waals surface area contributed by atoms with E-state index in [2.05, 4.69) is 16.8 Å². The molecule has 1 aliphatic heterocycles. The lowest BCUT2D eigenvalue weighted by atomic mass is 9.93. The van der Waals surface area contributed by atoms with Gasteiger partial charge in [0.2, 0.25) is 0 Å². The van der Waals surface area contributed by atoms with Crippen LogP contribution in [0.1, 0.15) is 32.6 Å². The van der Waals surface area contributed by atoms with Gasteiger partial charge in [-0.25, -0.2) is 0 Å². The molecule has 2 heterocycles. The number of nitrogens with two attached hydrogens (primary N) is 1. The standard InChI is InChI=1S/C15H21N3O/c1-2-3-11-6-8-18(9-7-11)15-17-13-10-12(16)4-5-14(13)19-15/h4-5,10-11H,2-3,6-9,16H2,1H3. The van der Waals surface area contributed by atoms with Crippen LogP contribution in [-0.2, 0) is 0 Å². The minimum absolute atomic E-state index is 0.731. The summed E-state index contributed by atoms with van der Waals surface area (Å²) in [6.45, 7) is 4.36. The summed E-state index contributed by atoms with van der Waals surface area (Å²) in [5, 5.41) is 0.